The fourth-order valence-corrected chi connectivity index (χ4v) is 6.11. The van der Waals surface area contributed by atoms with Gasteiger partial charge >= 0.3 is 0 Å². The van der Waals surface area contributed by atoms with Crippen LogP contribution in [0.25, 0.3) is 10.8 Å². The summed E-state index contributed by atoms with van der Waals surface area (Å²) in [5.74, 6) is -0.947. The number of rotatable bonds is 8. The van der Waals surface area contributed by atoms with Gasteiger partial charge in [0.25, 0.3) is 11.8 Å². The molecule has 1 heterocycles. The highest BCUT2D eigenvalue weighted by Gasteiger charge is 2.38. The van der Waals surface area contributed by atoms with Crippen LogP contribution < -0.4 is 19.9 Å². The largest absolute Gasteiger partial charge is 0.496 e. The first kappa shape index (κ1) is 32.2. The maximum atomic E-state index is 14.5. The molecule has 8 nitrogen and oxygen atoms in total. The van der Waals surface area contributed by atoms with Crippen molar-refractivity contribution in [1.82, 2.24) is 5.32 Å². The van der Waals surface area contributed by atoms with Crippen LogP contribution in [-0.2, 0) is 16.1 Å². The van der Waals surface area contributed by atoms with Gasteiger partial charge in [0.2, 0.25) is 5.91 Å². The van der Waals surface area contributed by atoms with Crippen molar-refractivity contribution < 1.29 is 23.9 Å². The Balaban J connectivity index is 1.67. The molecule has 2 atom stereocenters. The zero-order valence-corrected chi connectivity index (χ0v) is 27.7. The monoisotopic (exact) mass is 689 g/mol. The number of halogens is 2. The van der Waals surface area contributed by atoms with Crippen molar-refractivity contribution in [2.45, 2.75) is 39.8 Å². The number of ether oxygens (including phenoxy) is 1. The molecule has 3 amide bonds. The van der Waals surface area contributed by atoms with Crippen LogP contribution in [0.5, 0.6) is 5.75 Å². The Kier molecular flexibility index (Phi) is 9.60. The van der Waals surface area contributed by atoms with Crippen LogP contribution in [0, 0.1) is 5.92 Å². The molecule has 0 unspecified atom stereocenters. The molecule has 4 aromatic carbocycles. The number of carbonyl (C=O) groups is 4. The van der Waals surface area contributed by atoms with Gasteiger partial charge in [-0.1, -0.05) is 65.6 Å². The van der Waals surface area contributed by atoms with Gasteiger partial charge in [0.1, 0.15) is 11.8 Å². The Morgan fingerprint density at radius 1 is 1.00 bits per heavy atom. The summed E-state index contributed by atoms with van der Waals surface area (Å²) in [6, 6.07) is 19.9. The molecule has 5 rings (SSSR count). The van der Waals surface area contributed by atoms with Crippen LogP contribution in [0.3, 0.4) is 0 Å². The summed E-state index contributed by atoms with van der Waals surface area (Å²) in [6.07, 6.45) is 0.583. The van der Waals surface area contributed by atoms with Gasteiger partial charge in [-0.05, 0) is 72.6 Å². The number of anilines is 2. The third kappa shape index (κ3) is 6.46. The number of benzene rings is 4. The quantitative estimate of drug-likeness (QED) is 0.198. The van der Waals surface area contributed by atoms with Crippen LogP contribution in [0.15, 0.2) is 77.3 Å². The predicted octanol–water partition coefficient (Wildman–Crippen LogP) is 7.19. The maximum absolute atomic E-state index is 14.5. The average molecular weight is 691 g/mol. The molecule has 0 radical (unpaired) electrons. The zero-order valence-electron chi connectivity index (χ0n) is 25.4. The van der Waals surface area contributed by atoms with Gasteiger partial charge in [0, 0.05) is 32.1 Å². The molecule has 0 aliphatic carbocycles. The third-order valence-electron chi connectivity index (χ3n) is 8.22. The Morgan fingerprint density at radius 2 is 1.71 bits per heavy atom. The molecular weight excluding hydrogens is 658 g/mol. The van der Waals surface area contributed by atoms with Gasteiger partial charge in [-0.15, -0.1) is 0 Å². The molecule has 0 aromatic heterocycles. The third-order valence-corrected chi connectivity index (χ3v) is 9.15. The fourth-order valence-electron chi connectivity index (χ4n) is 5.45. The molecule has 232 valence electrons. The molecule has 0 saturated heterocycles. The first-order chi connectivity index (χ1) is 21.5. The van der Waals surface area contributed by atoms with Gasteiger partial charge in [0.05, 0.1) is 31.6 Å². The van der Waals surface area contributed by atoms with Crippen molar-refractivity contribution in [3.63, 3.8) is 0 Å². The van der Waals surface area contributed by atoms with Gasteiger partial charge in [0.15, 0.2) is 5.78 Å². The first-order valence-corrected chi connectivity index (χ1v) is 15.8. The summed E-state index contributed by atoms with van der Waals surface area (Å²) in [5.41, 5.74) is 2.42. The number of ketones is 1. The van der Waals surface area contributed by atoms with Gasteiger partial charge in [-0.2, -0.15) is 0 Å². The lowest BCUT2D eigenvalue weighted by Crippen LogP contribution is -2.53. The summed E-state index contributed by atoms with van der Waals surface area (Å²) in [4.78, 5) is 56.8. The number of hydrogen-bond acceptors (Lipinski definition) is 5. The minimum atomic E-state index is -1.06. The fraction of sp³-hybridized carbons (Fsp3) is 0.257. The van der Waals surface area contributed by atoms with Crippen LogP contribution in [-0.4, -0.2) is 43.2 Å². The Morgan fingerprint density at radius 3 is 2.38 bits per heavy atom. The van der Waals surface area contributed by atoms with E-state index in [-0.39, 0.29) is 36.6 Å². The van der Waals surface area contributed by atoms with Crippen molar-refractivity contribution in [3.05, 3.63) is 99.0 Å². The number of fused-ring (bicyclic) bond motifs is 2. The second kappa shape index (κ2) is 13.4. The zero-order chi connectivity index (χ0) is 32.4. The molecule has 0 saturated carbocycles. The van der Waals surface area contributed by atoms with Crippen LogP contribution in [0.2, 0.25) is 5.02 Å². The van der Waals surface area contributed by atoms with E-state index in [9.17, 15) is 19.2 Å². The maximum Gasteiger partial charge on any atom is 0.258 e. The van der Waals surface area contributed by atoms with E-state index in [4.69, 9.17) is 16.3 Å². The molecule has 0 bridgehead atoms. The highest BCUT2D eigenvalue weighted by Crippen LogP contribution is 2.40. The van der Waals surface area contributed by atoms with Gasteiger partial charge in [-0.25, -0.2) is 0 Å². The summed E-state index contributed by atoms with van der Waals surface area (Å²) in [6.45, 7) is 5.11. The summed E-state index contributed by atoms with van der Waals surface area (Å²) >= 11 is 10.1. The van der Waals surface area contributed by atoms with E-state index in [0.717, 1.165) is 20.8 Å². The topological polar surface area (TPSA) is 96.0 Å². The van der Waals surface area contributed by atoms with E-state index in [1.54, 1.807) is 61.4 Å². The number of nitrogens with one attached hydrogen (secondary N) is 1. The molecule has 4 aromatic rings. The molecule has 45 heavy (non-hydrogen) atoms. The highest BCUT2D eigenvalue weighted by atomic mass is 79.9. The van der Waals surface area contributed by atoms with Gasteiger partial charge in [-0.3, -0.25) is 19.2 Å². The number of amides is 3. The first-order valence-electron chi connectivity index (χ1n) is 14.6. The second-order valence-corrected chi connectivity index (χ2v) is 12.3. The lowest BCUT2D eigenvalue weighted by atomic mass is 10.0. The minimum Gasteiger partial charge on any atom is -0.496 e. The molecule has 1 aliphatic rings. The Bertz CT molecular complexity index is 1810. The Hall–Kier alpha value is -4.21. The lowest BCUT2D eigenvalue weighted by Gasteiger charge is -2.27. The summed E-state index contributed by atoms with van der Waals surface area (Å²) in [7, 11) is 1.58. The molecule has 10 heteroatoms. The SMILES string of the molecule is CC[C@@H](C)C(=O)N[C@H]1CN(C(=O)c2ccc(C(C)=O)cc2)c2cc(Cl)ccc2N(Cc2c(OC)ccc3c(Br)cccc23)C1=O. The Labute approximate surface area is 275 Å². The average Bonchev–Trinajstić information content (AvgIpc) is 3.14. The number of hydrogen-bond donors (Lipinski definition) is 1. The number of carbonyl (C=O) groups excluding carboxylic acids is 4. The lowest BCUT2D eigenvalue weighted by molar-refractivity contribution is -0.129. The van der Waals surface area contributed by atoms with E-state index in [1.807, 2.05) is 37.3 Å². The van der Waals surface area contributed by atoms with Crippen LogP contribution in [0.4, 0.5) is 11.4 Å². The molecule has 1 aliphatic heterocycles. The number of methoxy groups -OCH3 is 1. The summed E-state index contributed by atoms with van der Waals surface area (Å²) in [5, 5.41) is 5.12. The second-order valence-electron chi connectivity index (χ2n) is 11.1. The summed E-state index contributed by atoms with van der Waals surface area (Å²) < 4.78 is 6.65. The van der Waals surface area contributed by atoms with E-state index in [1.165, 1.54) is 11.8 Å². The van der Waals surface area contributed by atoms with E-state index in [2.05, 4.69) is 21.2 Å². The molecule has 0 fully saturated rings. The van der Waals surface area contributed by atoms with Crippen molar-refractivity contribution in [2.75, 3.05) is 23.5 Å². The molecule has 0 spiro atoms. The minimum absolute atomic E-state index is 0.0927. The number of nitrogens with zero attached hydrogens (tertiary/aromatic N) is 2. The van der Waals surface area contributed by atoms with Crippen molar-refractivity contribution >= 4 is 73.2 Å². The van der Waals surface area contributed by atoms with Crippen molar-refractivity contribution in [2.24, 2.45) is 5.92 Å². The highest BCUT2D eigenvalue weighted by molar-refractivity contribution is 9.10. The van der Waals surface area contributed by atoms with E-state index >= 15 is 0 Å². The predicted molar refractivity (Wildman–Crippen MR) is 180 cm³/mol. The van der Waals surface area contributed by atoms with Gasteiger partial charge < -0.3 is 19.9 Å². The van der Waals surface area contributed by atoms with Crippen molar-refractivity contribution in [1.29, 1.82) is 0 Å². The van der Waals surface area contributed by atoms with Crippen LogP contribution >= 0.6 is 27.5 Å². The van der Waals surface area contributed by atoms with E-state index < -0.39 is 11.9 Å². The van der Waals surface area contributed by atoms with Crippen LogP contribution in [0.1, 0.15) is 53.5 Å². The number of Topliss-reactive ketones (excluding diaryl/α,β-unsaturated/α-hetero) is 1. The molecular formula is C35H33BrClN3O5. The standard InChI is InChI=1S/C35H33BrClN3O5/c1-5-20(2)33(42)38-29-19-40(34(43)23-11-9-22(10-12-23)21(3)41)31-17-24(37)13-15-30(31)39(35(29)44)18-27-25-7-6-8-28(36)26(25)14-16-32(27)45-4/h6-17,20,29H,5,18-19H2,1-4H3,(H,38,42)/t20-,29+/m1/s1. The van der Waals surface area contributed by atoms with E-state index in [0.29, 0.717) is 39.7 Å². The molecule has 1 N–H and O–H groups in total. The smallest absolute Gasteiger partial charge is 0.258 e. The normalized spacial score (nSPS) is 15.3. The van der Waals surface area contributed by atoms with Crippen molar-refractivity contribution in [3.8, 4) is 5.75 Å².